The number of ether oxygens (including phenoxy) is 1. The predicted octanol–water partition coefficient (Wildman–Crippen LogP) is 4.16. The number of hydrogen-bond donors (Lipinski definition) is 1. The summed E-state index contributed by atoms with van der Waals surface area (Å²) in [4.78, 5) is 0. The molecule has 1 atom stereocenters. The lowest BCUT2D eigenvalue weighted by atomic mass is 10.0. The van der Waals surface area contributed by atoms with Crippen molar-refractivity contribution < 1.29 is 22.3 Å². The molecule has 0 radical (unpaired) electrons. The largest absolute Gasteiger partial charge is 0.373 e. The van der Waals surface area contributed by atoms with Crippen LogP contribution in [0.5, 0.6) is 0 Å². The van der Waals surface area contributed by atoms with E-state index in [1.165, 1.54) is 0 Å². The van der Waals surface area contributed by atoms with E-state index in [0.717, 1.165) is 50.6 Å². The Morgan fingerprint density at radius 1 is 1.29 bits per heavy atom. The molecule has 1 aliphatic rings. The Kier molecular flexibility index (Phi) is 8.26. The van der Waals surface area contributed by atoms with E-state index in [1.54, 1.807) is 0 Å². The molecule has 0 saturated carbocycles. The summed E-state index contributed by atoms with van der Waals surface area (Å²) in [6, 6.07) is -0.156. The summed E-state index contributed by atoms with van der Waals surface area (Å²) in [6.07, 6.45) is 4.62. The first-order chi connectivity index (χ1) is 9.97. The molecule has 0 aromatic heterocycles. The second-order valence-electron chi connectivity index (χ2n) is 5.46. The highest BCUT2D eigenvalue weighted by Gasteiger charge is 2.41. The minimum Gasteiger partial charge on any atom is -0.373 e. The molecular formula is C15H25F4NO. The fourth-order valence-electron chi connectivity index (χ4n) is 2.35. The Hall–Kier alpha value is -0.620. The lowest BCUT2D eigenvalue weighted by Gasteiger charge is -2.23. The summed E-state index contributed by atoms with van der Waals surface area (Å²) >= 11 is 0. The summed E-state index contributed by atoms with van der Waals surface area (Å²) in [5.74, 6) is -4.08. The predicted molar refractivity (Wildman–Crippen MR) is 75.0 cm³/mol. The van der Waals surface area contributed by atoms with E-state index in [0.29, 0.717) is 0 Å². The Labute approximate surface area is 123 Å². The van der Waals surface area contributed by atoms with Gasteiger partial charge in [-0.05, 0) is 38.6 Å². The van der Waals surface area contributed by atoms with Crippen molar-refractivity contribution in [2.75, 3.05) is 19.8 Å². The second kappa shape index (κ2) is 9.41. The van der Waals surface area contributed by atoms with Crippen molar-refractivity contribution in [2.45, 2.75) is 63.8 Å². The molecule has 0 aromatic rings. The number of halogens is 4. The average molecular weight is 311 g/mol. The van der Waals surface area contributed by atoms with E-state index in [9.17, 15) is 17.6 Å². The Bertz CT molecular complexity index is 321. The number of hydrogen-bond acceptors (Lipinski definition) is 2. The molecule has 1 unspecified atom stereocenters. The van der Waals surface area contributed by atoms with Crippen LogP contribution < -0.4 is 5.32 Å². The first kappa shape index (κ1) is 18.4. The zero-order valence-corrected chi connectivity index (χ0v) is 12.5. The van der Waals surface area contributed by atoms with E-state index in [4.69, 9.17) is 4.74 Å². The summed E-state index contributed by atoms with van der Waals surface area (Å²) in [5, 5.41) is 3.26. The summed E-state index contributed by atoms with van der Waals surface area (Å²) in [7, 11) is 0. The zero-order chi connectivity index (χ0) is 15.7. The quantitative estimate of drug-likeness (QED) is 0.510. The van der Waals surface area contributed by atoms with Crippen molar-refractivity contribution in [3.63, 3.8) is 0 Å². The van der Waals surface area contributed by atoms with Gasteiger partial charge >= 0.3 is 12.3 Å². The summed E-state index contributed by atoms with van der Waals surface area (Å²) < 4.78 is 54.8. The fraction of sp³-hybridized carbons (Fsp3) is 0.867. The van der Waals surface area contributed by atoms with Crippen molar-refractivity contribution in [3.05, 3.63) is 11.6 Å². The molecule has 0 aliphatic heterocycles. The molecule has 6 heteroatoms. The molecule has 0 spiro atoms. The molecule has 0 saturated heterocycles. The molecule has 1 aliphatic carbocycles. The van der Waals surface area contributed by atoms with Gasteiger partial charge in [-0.15, -0.1) is 0 Å². The van der Waals surface area contributed by atoms with E-state index in [-0.39, 0.29) is 12.6 Å². The minimum atomic E-state index is -4.08. The third kappa shape index (κ3) is 6.78. The smallest absolute Gasteiger partial charge is 0.330 e. The highest BCUT2D eigenvalue weighted by molar-refractivity contribution is 5.12. The van der Waals surface area contributed by atoms with Gasteiger partial charge in [-0.2, -0.15) is 8.78 Å². The van der Waals surface area contributed by atoms with Crippen LogP contribution in [0.15, 0.2) is 11.6 Å². The van der Waals surface area contributed by atoms with Gasteiger partial charge in [0, 0.05) is 0 Å². The standard InChI is InChI=1S/C15H25F4NO/c1-2-9-20-13(12-7-5-3-4-6-8-12)10-21-11-15(18,19)14(16)17/h7,13-14,20H,2-6,8-11H2,1H3. The van der Waals surface area contributed by atoms with Crippen LogP contribution in [0.2, 0.25) is 0 Å². The van der Waals surface area contributed by atoms with Gasteiger partial charge in [-0.1, -0.05) is 25.0 Å². The maximum Gasteiger partial charge on any atom is 0.330 e. The van der Waals surface area contributed by atoms with Crippen LogP contribution in [0.1, 0.15) is 45.4 Å². The first-order valence-electron chi connectivity index (χ1n) is 7.63. The molecule has 124 valence electrons. The normalized spacial score (nSPS) is 18.5. The second-order valence-corrected chi connectivity index (χ2v) is 5.46. The SMILES string of the molecule is CCCNC(COCC(F)(F)C(F)F)C1=CCCCCC1. The molecule has 0 heterocycles. The van der Waals surface area contributed by atoms with Gasteiger partial charge in [0.15, 0.2) is 0 Å². The van der Waals surface area contributed by atoms with Gasteiger partial charge in [0.25, 0.3) is 0 Å². The molecular weight excluding hydrogens is 286 g/mol. The first-order valence-corrected chi connectivity index (χ1v) is 7.63. The third-order valence-electron chi connectivity index (χ3n) is 3.56. The Balaban J connectivity index is 2.51. The van der Waals surface area contributed by atoms with Crippen LogP contribution in [0, 0.1) is 0 Å². The van der Waals surface area contributed by atoms with Crippen LogP contribution in [0.3, 0.4) is 0 Å². The van der Waals surface area contributed by atoms with Crippen molar-refractivity contribution >= 4 is 0 Å². The van der Waals surface area contributed by atoms with Gasteiger partial charge in [0.2, 0.25) is 0 Å². The molecule has 2 nitrogen and oxygen atoms in total. The van der Waals surface area contributed by atoms with Crippen LogP contribution in [0.25, 0.3) is 0 Å². The minimum absolute atomic E-state index is 0.00808. The van der Waals surface area contributed by atoms with Gasteiger partial charge in [0.05, 0.1) is 12.6 Å². The van der Waals surface area contributed by atoms with E-state index < -0.39 is 19.0 Å². The molecule has 0 fully saturated rings. The lowest BCUT2D eigenvalue weighted by molar-refractivity contribution is -0.166. The third-order valence-corrected chi connectivity index (χ3v) is 3.56. The Morgan fingerprint density at radius 3 is 2.71 bits per heavy atom. The lowest BCUT2D eigenvalue weighted by Crippen LogP contribution is -2.39. The van der Waals surface area contributed by atoms with Crippen molar-refractivity contribution in [1.29, 1.82) is 0 Å². The molecule has 1 rings (SSSR count). The van der Waals surface area contributed by atoms with Crippen LogP contribution >= 0.6 is 0 Å². The average Bonchev–Trinajstić information content (AvgIpc) is 2.71. The molecule has 0 aromatic carbocycles. The maximum atomic E-state index is 12.8. The van der Waals surface area contributed by atoms with E-state index in [1.807, 2.05) is 6.92 Å². The van der Waals surface area contributed by atoms with Crippen molar-refractivity contribution in [2.24, 2.45) is 0 Å². The molecule has 0 bridgehead atoms. The van der Waals surface area contributed by atoms with Crippen LogP contribution in [-0.4, -0.2) is 38.1 Å². The van der Waals surface area contributed by atoms with Crippen molar-refractivity contribution in [3.8, 4) is 0 Å². The molecule has 0 amide bonds. The highest BCUT2D eigenvalue weighted by atomic mass is 19.3. The number of nitrogens with one attached hydrogen (secondary N) is 1. The fourth-order valence-corrected chi connectivity index (χ4v) is 2.35. The van der Waals surface area contributed by atoms with Crippen LogP contribution in [-0.2, 0) is 4.74 Å². The molecule has 21 heavy (non-hydrogen) atoms. The van der Waals surface area contributed by atoms with Crippen LogP contribution in [0.4, 0.5) is 17.6 Å². The highest BCUT2D eigenvalue weighted by Crippen LogP contribution is 2.24. The maximum absolute atomic E-state index is 12.8. The topological polar surface area (TPSA) is 21.3 Å². The monoisotopic (exact) mass is 311 g/mol. The summed E-state index contributed by atoms with van der Waals surface area (Å²) in [6.45, 7) is 1.53. The van der Waals surface area contributed by atoms with Gasteiger partial charge in [0.1, 0.15) is 6.61 Å². The molecule has 1 N–H and O–H groups in total. The number of allylic oxidation sites excluding steroid dienone is 1. The number of rotatable bonds is 9. The summed E-state index contributed by atoms with van der Waals surface area (Å²) in [5.41, 5.74) is 1.15. The zero-order valence-electron chi connectivity index (χ0n) is 12.5. The van der Waals surface area contributed by atoms with Gasteiger partial charge in [-0.25, -0.2) is 8.78 Å². The van der Waals surface area contributed by atoms with Crippen molar-refractivity contribution in [1.82, 2.24) is 5.32 Å². The Morgan fingerprint density at radius 2 is 2.05 bits per heavy atom. The van der Waals surface area contributed by atoms with E-state index >= 15 is 0 Å². The van der Waals surface area contributed by atoms with Gasteiger partial charge in [-0.3, -0.25) is 0 Å². The van der Waals surface area contributed by atoms with E-state index in [2.05, 4.69) is 11.4 Å². The van der Waals surface area contributed by atoms with Gasteiger partial charge < -0.3 is 10.1 Å². The number of alkyl halides is 4.